The molecule has 0 saturated carbocycles. The number of para-hydroxylation sites is 2. The van der Waals surface area contributed by atoms with Crippen LogP contribution in [-0.2, 0) is 12.8 Å². The van der Waals surface area contributed by atoms with E-state index in [2.05, 4.69) is 231 Å². The van der Waals surface area contributed by atoms with Gasteiger partial charge in [0.15, 0.2) is 0 Å². The predicted molar refractivity (Wildman–Crippen MR) is 307 cm³/mol. The van der Waals surface area contributed by atoms with Gasteiger partial charge >= 0.3 is 0 Å². The van der Waals surface area contributed by atoms with Crippen LogP contribution in [0.1, 0.15) is 66.3 Å². The van der Waals surface area contributed by atoms with E-state index in [-0.39, 0.29) is 17.9 Å². The molecule has 12 aromatic rings. The highest BCUT2D eigenvalue weighted by Crippen LogP contribution is 2.49. The Balaban J connectivity index is 1.05. The van der Waals surface area contributed by atoms with Crippen molar-refractivity contribution >= 4 is 72.1 Å². The van der Waals surface area contributed by atoms with Crippen molar-refractivity contribution < 1.29 is 8.83 Å². The second kappa shape index (κ2) is 16.9. The smallest absolute Gasteiger partial charge is 0.143 e. The van der Waals surface area contributed by atoms with Crippen molar-refractivity contribution in [2.45, 2.75) is 45.6 Å². The molecule has 74 heavy (non-hydrogen) atoms. The summed E-state index contributed by atoms with van der Waals surface area (Å²) in [5.74, 6) is 1.15. The van der Waals surface area contributed by atoms with Gasteiger partial charge in [0.1, 0.15) is 22.5 Å². The maximum absolute atomic E-state index is 7.47. The molecule has 0 amide bonds. The van der Waals surface area contributed by atoms with Gasteiger partial charge in [-0.2, -0.15) is 0 Å². The van der Waals surface area contributed by atoms with Crippen LogP contribution in [0.15, 0.2) is 226 Å². The third-order valence-electron chi connectivity index (χ3n) is 16.7. The Morgan fingerprint density at radius 1 is 0.500 bits per heavy atom. The van der Waals surface area contributed by atoms with E-state index in [4.69, 9.17) is 13.8 Å². The molecule has 3 atom stereocenters. The highest BCUT2D eigenvalue weighted by atomic mass is 16.3. The molecule has 3 aromatic heterocycles. The molecular formula is C70H52N2O2. The van der Waals surface area contributed by atoms with Gasteiger partial charge in [-0.25, -0.2) is 0 Å². The average Bonchev–Trinajstić information content (AvgIpc) is 4.14. The molecule has 15 rings (SSSR count). The summed E-state index contributed by atoms with van der Waals surface area (Å²) >= 11 is 0. The van der Waals surface area contributed by atoms with Crippen LogP contribution in [0.4, 0.5) is 0 Å². The van der Waals surface area contributed by atoms with Crippen molar-refractivity contribution in [2.24, 2.45) is 16.8 Å². The number of hydrogen-bond acceptors (Lipinski definition) is 3. The summed E-state index contributed by atoms with van der Waals surface area (Å²) in [6, 6.07) is 73.9. The first kappa shape index (κ1) is 42.9. The summed E-state index contributed by atoms with van der Waals surface area (Å²) < 4.78 is 17.0. The van der Waals surface area contributed by atoms with Gasteiger partial charge in [0.05, 0.1) is 17.1 Å². The molecule has 1 aliphatic carbocycles. The highest BCUT2D eigenvalue weighted by molar-refractivity contribution is 6.16. The average molecular weight is 953 g/mol. The monoisotopic (exact) mass is 952 g/mol. The molecule has 4 heteroatoms. The molecule has 5 heterocycles. The van der Waals surface area contributed by atoms with Crippen LogP contribution in [-0.4, -0.2) is 10.3 Å². The number of furan rings is 2. The van der Waals surface area contributed by atoms with Crippen LogP contribution in [0.3, 0.4) is 0 Å². The Bertz CT molecular complexity index is 4320. The molecule has 0 N–H and O–H groups in total. The van der Waals surface area contributed by atoms with E-state index < -0.39 is 0 Å². The Morgan fingerprint density at radius 2 is 1.16 bits per heavy atom. The summed E-state index contributed by atoms with van der Waals surface area (Å²) in [5, 5.41) is 5.79. The number of aryl methyl sites for hydroxylation is 1. The van der Waals surface area contributed by atoms with Crippen LogP contribution in [0.5, 0.6) is 0 Å². The van der Waals surface area contributed by atoms with Crippen molar-refractivity contribution in [1.82, 2.24) is 4.57 Å². The van der Waals surface area contributed by atoms with Crippen molar-refractivity contribution in [3.8, 4) is 39.1 Å². The third kappa shape index (κ3) is 6.78. The fourth-order valence-corrected chi connectivity index (χ4v) is 12.9. The number of benzene rings is 9. The first-order valence-electron chi connectivity index (χ1n) is 26.3. The Hall–Kier alpha value is -8.73. The topological polar surface area (TPSA) is 43.6 Å². The van der Waals surface area contributed by atoms with Crippen LogP contribution in [0.2, 0.25) is 0 Å². The van der Waals surface area contributed by atoms with E-state index in [9.17, 15) is 0 Å². The summed E-state index contributed by atoms with van der Waals surface area (Å²) in [4.78, 5) is 6.02. The minimum absolute atomic E-state index is 0.0307. The molecule has 2 aliphatic heterocycles. The van der Waals surface area contributed by atoms with Crippen molar-refractivity contribution in [2.75, 3.05) is 0 Å². The summed E-state index contributed by atoms with van der Waals surface area (Å²) in [5.41, 5.74) is 22.7. The van der Waals surface area contributed by atoms with E-state index in [1.54, 1.807) is 0 Å². The lowest BCUT2D eigenvalue weighted by Gasteiger charge is -2.33. The molecule has 0 spiro atoms. The van der Waals surface area contributed by atoms with Gasteiger partial charge in [-0.05, 0) is 107 Å². The van der Waals surface area contributed by atoms with E-state index in [0.29, 0.717) is 0 Å². The molecular weight excluding hydrogens is 901 g/mol. The summed E-state index contributed by atoms with van der Waals surface area (Å²) in [6.45, 7) is 4.70. The second-order valence-corrected chi connectivity index (χ2v) is 20.9. The molecule has 3 aliphatic rings. The lowest BCUT2D eigenvalue weighted by Crippen LogP contribution is -2.24. The van der Waals surface area contributed by atoms with E-state index in [0.717, 1.165) is 104 Å². The number of nitrogens with zero attached hydrogens (tertiary/aromatic N) is 2. The van der Waals surface area contributed by atoms with E-state index in [1.165, 1.54) is 66.4 Å². The maximum Gasteiger partial charge on any atom is 0.143 e. The van der Waals surface area contributed by atoms with Crippen LogP contribution in [0.25, 0.3) is 105 Å². The van der Waals surface area contributed by atoms with Crippen LogP contribution < -0.4 is 0 Å². The molecule has 4 nitrogen and oxygen atoms in total. The largest absolute Gasteiger partial charge is 0.460 e. The van der Waals surface area contributed by atoms with Gasteiger partial charge < -0.3 is 13.4 Å². The zero-order valence-corrected chi connectivity index (χ0v) is 41.5. The van der Waals surface area contributed by atoms with E-state index >= 15 is 0 Å². The highest BCUT2D eigenvalue weighted by Gasteiger charge is 2.33. The third-order valence-corrected chi connectivity index (χ3v) is 16.7. The van der Waals surface area contributed by atoms with Gasteiger partial charge in [-0.3, -0.25) is 4.99 Å². The lowest BCUT2D eigenvalue weighted by molar-refractivity contribution is 0.435. The first-order chi connectivity index (χ1) is 36.5. The lowest BCUT2D eigenvalue weighted by atomic mass is 9.76. The molecule has 8 bridgehead atoms. The van der Waals surface area contributed by atoms with Crippen molar-refractivity contribution in [1.29, 1.82) is 0 Å². The fourth-order valence-electron chi connectivity index (χ4n) is 12.9. The van der Waals surface area contributed by atoms with Gasteiger partial charge in [0.25, 0.3) is 0 Å². The van der Waals surface area contributed by atoms with Gasteiger partial charge in [0.2, 0.25) is 0 Å². The van der Waals surface area contributed by atoms with Crippen LogP contribution >= 0.6 is 0 Å². The van der Waals surface area contributed by atoms with Crippen molar-refractivity contribution in [3.05, 3.63) is 245 Å². The SMILES string of the molecule is C/C1=C2\CC(Cc3ccc4c5cc(-c6ccccc6)ccc5n(c4c3)-c3cc(c4oc5c(c4c3)C=CCC5)-c3cccc4c3oc3c2cccc34)C(c2ccc(-c3ccccc3)cc2)N=C(c2ccccc2)C1C. The first-order valence-corrected chi connectivity index (χ1v) is 26.3. The Morgan fingerprint density at radius 3 is 1.92 bits per heavy atom. The number of hydrogen-bond donors (Lipinski definition) is 0. The fraction of sp³-hybridized carbons (Fsp3) is 0.129. The van der Waals surface area contributed by atoms with Gasteiger partial charge in [-0.15, -0.1) is 0 Å². The van der Waals surface area contributed by atoms with Gasteiger partial charge in [0, 0.05) is 72.9 Å². The second-order valence-electron chi connectivity index (χ2n) is 20.9. The number of aliphatic imine (C=N–C) groups is 1. The number of aromatic nitrogens is 1. The van der Waals surface area contributed by atoms with E-state index in [1.807, 2.05) is 0 Å². The molecule has 0 saturated heterocycles. The zero-order valence-electron chi connectivity index (χ0n) is 41.5. The molecule has 0 radical (unpaired) electrons. The molecule has 3 unspecified atom stereocenters. The van der Waals surface area contributed by atoms with Crippen LogP contribution in [0, 0.1) is 11.8 Å². The zero-order chi connectivity index (χ0) is 49.0. The quantitative estimate of drug-likeness (QED) is 0.176. The standard InChI is InChI=1S/C70H52N2O2/c1-42-43(2)66(48-20-10-5-11-21-48)71-67(49-31-29-47(30-32-49)45-16-6-3-7-17-45)51-36-44-28-34-53-60-38-50(46-18-8-4-9-19-46)33-35-63(60)72(64(53)37-44)52-40-61-54-22-12-13-27-65(54)73-70(61)62(41-52)58-26-15-24-56-55-23-14-25-57(59(42)39-51)68(55)74-69(56)58/h3-12,14-26,28-35,37-38,40-41,43,51,67H,13,27,36,39H2,1-2H3/b59-42-,71-66?. The Labute approximate surface area is 430 Å². The Kier molecular flexibility index (Phi) is 9.82. The minimum atomic E-state index is -0.152. The summed E-state index contributed by atoms with van der Waals surface area (Å²) in [7, 11) is 0. The molecule has 9 aromatic carbocycles. The van der Waals surface area contributed by atoms with Gasteiger partial charge in [-0.1, -0.05) is 195 Å². The number of fused-ring (bicyclic) bond motifs is 16. The molecule has 0 fully saturated rings. The summed E-state index contributed by atoms with van der Waals surface area (Å²) in [6.07, 6.45) is 8.01. The normalized spacial score (nSPS) is 18.5. The maximum atomic E-state index is 7.47. The predicted octanol–water partition coefficient (Wildman–Crippen LogP) is 18.6. The molecule has 354 valence electrons. The number of allylic oxidation sites excluding steroid dienone is 3. The van der Waals surface area contributed by atoms with Crippen molar-refractivity contribution in [3.63, 3.8) is 0 Å². The number of rotatable bonds is 4. The minimum Gasteiger partial charge on any atom is -0.460 e.